The Morgan fingerprint density at radius 1 is 1.50 bits per heavy atom. The largest absolute Gasteiger partial charge is 0.461 e. The SMILES string of the molecule is CCC(=O)OC1CCCCC1Cl. The second-order valence-corrected chi connectivity index (χ2v) is 3.74. The Morgan fingerprint density at radius 3 is 2.75 bits per heavy atom. The number of carbonyl (C=O) groups is 1. The van der Waals surface area contributed by atoms with Gasteiger partial charge in [-0.15, -0.1) is 11.6 Å². The average molecular weight is 191 g/mol. The number of alkyl halides is 1. The summed E-state index contributed by atoms with van der Waals surface area (Å²) < 4.78 is 5.18. The Hall–Kier alpha value is -0.240. The summed E-state index contributed by atoms with van der Waals surface area (Å²) in [6, 6.07) is 0. The Bertz CT molecular complexity index is 159. The normalized spacial score (nSPS) is 29.8. The van der Waals surface area contributed by atoms with Gasteiger partial charge in [-0.3, -0.25) is 4.79 Å². The van der Waals surface area contributed by atoms with Crippen molar-refractivity contribution in [1.82, 2.24) is 0 Å². The molecule has 0 aliphatic heterocycles. The highest BCUT2D eigenvalue weighted by atomic mass is 35.5. The molecule has 0 aromatic rings. The molecule has 0 amide bonds. The van der Waals surface area contributed by atoms with E-state index < -0.39 is 0 Å². The second-order valence-electron chi connectivity index (χ2n) is 3.18. The highest BCUT2D eigenvalue weighted by molar-refractivity contribution is 6.21. The third-order valence-electron chi connectivity index (χ3n) is 2.19. The third-order valence-corrected chi connectivity index (χ3v) is 2.69. The first kappa shape index (κ1) is 9.85. The van der Waals surface area contributed by atoms with E-state index in [1.807, 2.05) is 0 Å². The molecule has 0 heterocycles. The van der Waals surface area contributed by atoms with E-state index in [0.717, 1.165) is 25.7 Å². The molecule has 1 saturated carbocycles. The van der Waals surface area contributed by atoms with Crippen LogP contribution in [0.5, 0.6) is 0 Å². The molecule has 1 fully saturated rings. The summed E-state index contributed by atoms with van der Waals surface area (Å²) in [5, 5.41) is 0.0363. The minimum atomic E-state index is -0.132. The van der Waals surface area contributed by atoms with Crippen molar-refractivity contribution in [3.8, 4) is 0 Å². The molecule has 12 heavy (non-hydrogen) atoms. The standard InChI is InChI=1S/C9H15ClO2/c1-2-9(11)12-8-6-4-3-5-7(8)10/h7-8H,2-6H2,1H3. The van der Waals surface area contributed by atoms with Crippen LogP contribution in [-0.2, 0) is 9.53 Å². The minimum absolute atomic E-state index is 0.0344. The first-order chi connectivity index (χ1) is 5.74. The summed E-state index contributed by atoms with van der Waals surface area (Å²) in [6.07, 6.45) is 4.61. The van der Waals surface area contributed by atoms with Gasteiger partial charge in [0.25, 0.3) is 0 Å². The Labute approximate surface area is 78.2 Å². The van der Waals surface area contributed by atoms with Crippen molar-refractivity contribution in [1.29, 1.82) is 0 Å². The van der Waals surface area contributed by atoms with Crippen molar-refractivity contribution in [3.63, 3.8) is 0 Å². The summed E-state index contributed by atoms with van der Waals surface area (Å²) in [5.74, 6) is -0.132. The Kier molecular flexibility index (Phi) is 3.86. The first-order valence-corrected chi connectivity index (χ1v) is 5.01. The molecule has 1 rings (SSSR count). The summed E-state index contributed by atoms with van der Waals surface area (Å²) in [5.41, 5.74) is 0. The molecule has 2 nitrogen and oxygen atoms in total. The van der Waals surface area contributed by atoms with E-state index in [4.69, 9.17) is 16.3 Å². The smallest absolute Gasteiger partial charge is 0.305 e. The van der Waals surface area contributed by atoms with Crippen LogP contribution in [0.4, 0.5) is 0 Å². The van der Waals surface area contributed by atoms with Gasteiger partial charge in [0.1, 0.15) is 6.10 Å². The first-order valence-electron chi connectivity index (χ1n) is 4.57. The molecular weight excluding hydrogens is 176 g/mol. The van der Waals surface area contributed by atoms with Crippen molar-refractivity contribution < 1.29 is 9.53 Å². The fourth-order valence-electron chi connectivity index (χ4n) is 1.44. The van der Waals surface area contributed by atoms with Gasteiger partial charge in [-0.05, 0) is 19.3 Å². The Balaban J connectivity index is 2.33. The zero-order valence-corrected chi connectivity index (χ0v) is 8.14. The van der Waals surface area contributed by atoms with E-state index in [-0.39, 0.29) is 17.5 Å². The fraction of sp³-hybridized carbons (Fsp3) is 0.889. The number of hydrogen-bond acceptors (Lipinski definition) is 2. The van der Waals surface area contributed by atoms with Crippen molar-refractivity contribution in [3.05, 3.63) is 0 Å². The minimum Gasteiger partial charge on any atom is -0.461 e. The summed E-state index contributed by atoms with van der Waals surface area (Å²) in [6.45, 7) is 1.80. The van der Waals surface area contributed by atoms with Crippen LogP contribution in [0.15, 0.2) is 0 Å². The molecule has 0 saturated heterocycles. The van der Waals surface area contributed by atoms with Crippen molar-refractivity contribution >= 4 is 17.6 Å². The molecule has 1 aliphatic rings. The van der Waals surface area contributed by atoms with E-state index in [2.05, 4.69) is 0 Å². The summed E-state index contributed by atoms with van der Waals surface area (Å²) in [4.78, 5) is 10.9. The molecule has 0 spiro atoms. The number of esters is 1. The number of halogens is 1. The van der Waals surface area contributed by atoms with Crippen molar-refractivity contribution in [2.45, 2.75) is 50.5 Å². The number of rotatable bonds is 2. The number of carbonyl (C=O) groups excluding carboxylic acids is 1. The predicted octanol–water partition coefficient (Wildman–Crippen LogP) is 2.49. The highest BCUT2D eigenvalue weighted by Gasteiger charge is 2.25. The molecular formula is C9H15ClO2. The molecule has 1 aliphatic carbocycles. The molecule has 0 radical (unpaired) electrons. The van der Waals surface area contributed by atoms with Gasteiger partial charge in [-0.25, -0.2) is 0 Å². The molecule has 0 aromatic carbocycles. The van der Waals surface area contributed by atoms with Gasteiger partial charge >= 0.3 is 5.97 Å². The van der Waals surface area contributed by atoms with Crippen LogP contribution in [0.3, 0.4) is 0 Å². The van der Waals surface area contributed by atoms with Crippen LogP contribution in [0.1, 0.15) is 39.0 Å². The highest BCUT2D eigenvalue weighted by Crippen LogP contribution is 2.25. The lowest BCUT2D eigenvalue weighted by molar-refractivity contribution is -0.149. The monoisotopic (exact) mass is 190 g/mol. The van der Waals surface area contributed by atoms with Crippen LogP contribution < -0.4 is 0 Å². The van der Waals surface area contributed by atoms with Crippen LogP contribution in [0.25, 0.3) is 0 Å². The number of hydrogen-bond donors (Lipinski definition) is 0. The molecule has 2 atom stereocenters. The van der Waals surface area contributed by atoms with E-state index in [0.29, 0.717) is 6.42 Å². The van der Waals surface area contributed by atoms with Crippen LogP contribution in [0, 0.1) is 0 Å². The van der Waals surface area contributed by atoms with Crippen LogP contribution in [0.2, 0.25) is 0 Å². The van der Waals surface area contributed by atoms with Gasteiger partial charge in [-0.1, -0.05) is 13.3 Å². The lowest BCUT2D eigenvalue weighted by Gasteiger charge is -2.26. The van der Waals surface area contributed by atoms with Crippen LogP contribution in [-0.4, -0.2) is 17.5 Å². The van der Waals surface area contributed by atoms with Gasteiger partial charge in [-0.2, -0.15) is 0 Å². The van der Waals surface area contributed by atoms with Gasteiger partial charge in [0.15, 0.2) is 0 Å². The summed E-state index contributed by atoms with van der Waals surface area (Å²) >= 11 is 6.01. The maximum atomic E-state index is 10.9. The van der Waals surface area contributed by atoms with Crippen molar-refractivity contribution in [2.24, 2.45) is 0 Å². The van der Waals surface area contributed by atoms with E-state index in [1.165, 1.54) is 0 Å². The molecule has 0 bridgehead atoms. The van der Waals surface area contributed by atoms with Gasteiger partial charge < -0.3 is 4.74 Å². The van der Waals surface area contributed by atoms with Crippen LogP contribution >= 0.6 is 11.6 Å². The topological polar surface area (TPSA) is 26.3 Å². The number of ether oxygens (including phenoxy) is 1. The maximum Gasteiger partial charge on any atom is 0.305 e. The van der Waals surface area contributed by atoms with E-state index in [9.17, 15) is 4.79 Å². The zero-order valence-electron chi connectivity index (χ0n) is 7.38. The summed E-state index contributed by atoms with van der Waals surface area (Å²) in [7, 11) is 0. The quantitative estimate of drug-likeness (QED) is 0.494. The average Bonchev–Trinajstić information content (AvgIpc) is 2.09. The van der Waals surface area contributed by atoms with Crippen molar-refractivity contribution in [2.75, 3.05) is 0 Å². The lowest BCUT2D eigenvalue weighted by Crippen LogP contribution is -2.30. The van der Waals surface area contributed by atoms with Gasteiger partial charge in [0, 0.05) is 6.42 Å². The van der Waals surface area contributed by atoms with E-state index in [1.54, 1.807) is 6.92 Å². The zero-order chi connectivity index (χ0) is 8.97. The molecule has 70 valence electrons. The predicted molar refractivity (Wildman–Crippen MR) is 48.3 cm³/mol. The maximum absolute atomic E-state index is 10.9. The fourth-order valence-corrected chi connectivity index (χ4v) is 1.77. The molecule has 0 N–H and O–H groups in total. The lowest BCUT2D eigenvalue weighted by atomic mass is 9.97. The third kappa shape index (κ3) is 2.67. The molecule has 3 heteroatoms. The van der Waals surface area contributed by atoms with E-state index >= 15 is 0 Å². The molecule has 0 aromatic heterocycles. The Morgan fingerprint density at radius 2 is 2.17 bits per heavy atom. The van der Waals surface area contributed by atoms with Gasteiger partial charge in [0.2, 0.25) is 0 Å². The van der Waals surface area contributed by atoms with Gasteiger partial charge in [0.05, 0.1) is 5.38 Å². The second kappa shape index (κ2) is 4.70. The molecule has 2 unspecified atom stereocenters.